The fourth-order valence-corrected chi connectivity index (χ4v) is 6.42. The van der Waals surface area contributed by atoms with E-state index in [2.05, 4.69) is 31.2 Å². The molecular formula is C32H47N7O7. The van der Waals surface area contributed by atoms with Crippen LogP contribution in [0.25, 0.3) is 0 Å². The number of fused-ring (bicyclic) bond motifs is 1. The van der Waals surface area contributed by atoms with Crippen LogP contribution < -0.4 is 21.3 Å². The Labute approximate surface area is 269 Å². The lowest BCUT2D eigenvalue weighted by atomic mass is 9.92. The second-order valence-electron chi connectivity index (χ2n) is 13.4. The second kappa shape index (κ2) is 15.1. The van der Waals surface area contributed by atoms with Gasteiger partial charge in [-0.2, -0.15) is 0 Å². The summed E-state index contributed by atoms with van der Waals surface area (Å²) in [7, 11) is 0. The topological polar surface area (TPSA) is 200 Å². The monoisotopic (exact) mass is 641 g/mol. The second-order valence-corrected chi connectivity index (χ2v) is 13.4. The lowest BCUT2D eigenvalue weighted by Gasteiger charge is -2.34. The summed E-state index contributed by atoms with van der Waals surface area (Å²) in [6.07, 6.45) is 6.77. The number of hydrogen-bond donors (Lipinski definition) is 5. The quantitative estimate of drug-likeness (QED) is 0.175. The Hall–Kier alpha value is -3.94. The fourth-order valence-electron chi connectivity index (χ4n) is 6.42. The molecule has 1 aromatic heterocycles. The molecule has 46 heavy (non-hydrogen) atoms. The van der Waals surface area contributed by atoms with E-state index >= 15 is 0 Å². The molecule has 0 spiro atoms. The van der Waals surface area contributed by atoms with Gasteiger partial charge in [-0.3, -0.25) is 33.8 Å². The van der Waals surface area contributed by atoms with Gasteiger partial charge in [0.1, 0.15) is 23.8 Å². The van der Waals surface area contributed by atoms with Gasteiger partial charge in [-0.05, 0) is 49.9 Å². The maximum Gasteiger partial charge on any atom is 0.289 e. The third kappa shape index (κ3) is 8.06. The van der Waals surface area contributed by atoms with Gasteiger partial charge < -0.3 is 31.3 Å². The number of Topliss-reactive ketones (excluding diaryl/α,β-unsaturated/α-hetero) is 1. The number of aromatic nitrogens is 2. The summed E-state index contributed by atoms with van der Waals surface area (Å²) in [5.74, 6) is -5.12. The number of nitrogens with zero attached hydrogens (tertiary/aromatic N) is 3. The Morgan fingerprint density at radius 3 is 2.20 bits per heavy atom. The van der Waals surface area contributed by atoms with Gasteiger partial charge in [0.05, 0.1) is 18.3 Å². The Balaban J connectivity index is 1.52. The zero-order valence-electron chi connectivity index (χ0n) is 27.2. The summed E-state index contributed by atoms with van der Waals surface area (Å²) in [4.78, 5) is 89.3. The molecule has 2 heterocycles. The average Bonchev–Trinajstić information content (AvgIpc) is 3.65. The van der Waals surface area contributed by atoms with Crippen molar-refractivity contribution in [3.63, 3.8) is 0 Å². The molecule has 7 atom stereocenters. The van der Waals surface area contributed by atoms with E-state index in [1.54, 1.807) is 27.7 Å². The van der Waals surface area contributed by atoms with Gasteiger partial charge in [0.25, 0.3) is 11.8 Å². The largest absolute Gasteiger partial charge is 0.393 e. The van der Waals surface area contributed by atoms with Crippen LogP contribution in [-0.4, -0.2) is 98.2 Å². The molecule has 5 amide bonds. The highest BCUT2D eigenvalue weighted by atomic mass is 16.3. The van der Waals surface area contributed by atoms with Crippen LogP contribution in [-0.2, 0) is 24.0 Å². The highest BCUT2D eigenvalue weighted by Crippen LogP contribution is 2.43. The average molecular weight is 642 g/mol. The van der Waals surface area contributed by atoms with E-state index in [1.807, 2.05) is 6.92 Å². The van der Waals surface area contributed by atoms with Crippen molar-refractivity contribution in [3.05, 3.63) is 24.3 Å². The maximum absolute atomic E-state index is 14.2. The Morgan fingerprint density at radius 2 is 1.61 bits per heavy atom. The lowest BCUT2D eigenvalue weighted by Crippen LogP contribution is -2.60. The predicted molar refractivity (Wildman–Crippen MR) is 166 cm³/mol. The van der Waals surface area contributed by atoms with Crippen molar-refractivity contribution in [1.82, 2.24) is 36.1 Å². The van der Waals surface area contributed by atoms with E-state index in [0.717, 1.165) is 12.8 Å². The van der Waals surface area contributed by atoms with E-state index in [9.17, 15) is 33.9 Å². The van der Waals surface area contributed by atoms with E-state index in [1.165, 1.54) is 23.5 Å². The summed E-state index contributed by atoms with van der Waals surface area (Å²) < 4.78 is 0. The Bertz CT molecular complexity index is 1300. The Kier molecular flexibility index (Phi) is 11.5. The van der Waals surface area contributed by atoms with Gasteiger partial charge in [-0.25, -0.2) is 4.98 Å². The minimum Gasteiger partial charge on any atom is -0.393 e. The van der Waals surface area contributed by atoms with Crippen molar-refractivity contribution >= 4 is 35.3 Å². The fraction of sp³-hybridized carbons (Fsp3) is 0.688. The smallest absolute Gasteiger partial charge is 0.289 e. The SMILES string of the molecule is CCCC(NC(=O)C1[C@H]2CC[C@@H](O)[C@H]2CN1C(=O)[C@@H](NC(=O)[C@H](NC(=O)c1cnccn1)C(C)C)C(C)C)C(=O)C(=O)NC1CC1. The molecule has 0 aromatic carbocycles. The molecule has 4 rings (SSSR count). The molecule has 2 aliphatic carbocycles. The molecule has 3 aliphatic rings. The highest BCUT2D eigenvalue weighted by molar-refractivity contribution is 6.38. The molecule has 1 saturated heterocycles. The van der Waals surface area contributed by atoms with Crippen LogP contribution in [0.2, 0.25) is 0 Å². The number of rotatable bonds is 14. The maximum atomic E-state index is 14.2. The molecule has 1 aromatic rings. The zero-order valence-corrected chi connectivity index (χ0v) is 27.2. The normalized spacial score (nSPS) is 24.1. The van der Waals surface area contributed by atoms with Crippen molar-refractivity contribution < 1.29 is 33.9 Å². The molecule has 252 valence electrons. The number of carbonyl (C=O) groups is 6. The first-order valence-electron chi connectivity index (χ1n) is 16.3. The summed E-state index contributed by atoms with van der Waals surface area (Å²) in [5, 5.41) is 21.6. The lowest BCUT2D eigenvalue weighted by molar-refractivity contribution is -0.145. The first-order chi connectivity index (χ1) is 21.8. The van der Waals surface area contributed by atoms with Crippen molar-refractivity contribution in [2.24, 2.45) is 23.7 Å². The molecule has 2 unspecified atom stereocenters. The van der Waals surface area contributed by atoms with E-state index in [4.69, 9.17) is 0 Å². The van der Waals surface area contributed by atoms with Gasteiger partial charge >= 0.3 is 0 Å². The Morgan fingerprint density at radius 1 is 0.913 bits per heavy atom. The van der Waals surface area contributed by atoms with Crippen molar-refractivity contribution in [1.29, 1.82) is 0 Å². The predicted octanol–water partition coefficient (Wildman–Crippen LogP) is 0.102. The molecule has 3 fully saturated rings. The number of aliphatic hydroxyl groups is 1. The third-order valence-corrected chi connectivity index (χ3v) is 9.15. The number of amides is 5. The van der Waals surface area contributed by atoms with E-state index in [-0.39, 0.29) is 42.5 Å². The molecule has 0 bridgehead atoms. The van der Waals surface area contributed by atoms with Crippen molar-refractivity contribution in [3.8, 4) is 0 Å². The third-order valence-electron chi connectivity index (χ3n) is 9.15. The van der Waals surface area contributed by atoms with Crippen LogP contribution in [0, 0.1) is 23.7 Å². The van der Waals surface area contributed by atoms with Crippen LogP contribution >= 0.6 is 0 Å². The number of aliphatic hydroxyl groups excluding tert-OH is 1. The molecule has 14 nitrogen and oxygen atoms in total. The van der Waals surface area contributed by atoms with E-state index in [0.29, 0.717) is 19.3 Å². The summed E-state index contributed by atoms with van der Waals surface area (Å²) in [6, 6.07) is -4.11. The van der Waals surface area contributed by atoms with Crippen LogP contribution in [0.3, 0.4) is 0 Å². The van der Waals surface area contributed by atoms with Gasteiger partial charge in [0.15, 0.2) is 0 Å². The minimum absolute atomic E-state index is 0.0167. The molecule has 2 saturated carbocycles. The number of ketones is 1. The minimum atomic E-state index is -1.05. The summed E-state index contributed by atoms with van der Waals surface area (Å²) in [6.45, 7) is 9.00. The van der Waals surface area contributed by atoms with Crippen LogP contribution in [0.15, 0.2) is 18.6 Å². The number of likely N-dealkylation sites (tertiary alicyclic amines) is 1. The zero-order chi connectivity index (χ0) is 33.7. The van der Waals surface area contributed by atoms with Crippen molar-refractivity contribution in [2.75, 3.05) is 6.54 Å². The molecule has 1 aliphatic heterocycles. The van der Waals surface area contributed by atoms with Crippen molar-refractivity contribution in [2.45, 2.75) is 109 Å². The van der Waals surface area contributed by atoms with Gasteiger partial charge in [0.2, 0.25) is 23.5 Å². The number of carbonyl (C=O) groups excluding carboxylic acids is 6. The number of nitrogens with one attached hydrogen (secondary N) is 4. The summed E-state index contributed by atoms with van der Waals surface area (Å²) >= 11 is 0. The van der Waals surface area contributed by atoms with Crippen LogP contribution in [0.1, 0.15) is 83.6 Å². The van der Waals surface area contributed by atoms with Crippen LogP contribution in [0.4, 0.5) is 0 Å². The standard InChI is InChI=1S/C32H47N7O7/c1-6-7-21(27(41)31(45)35-18-8-9-18)36-30(44)26-19-10-11-23(40)20(19)15-39(26)32(46)25(17(4)5)38-29(43)24(16(2)3)37-28(42)22-14-33-12-13-34-22/h12-14,16-21,23-26,40H,6-11,15H2,1-5H3,(H,35,45)(H,36,44)(H,37,42)(H,38,43)/t19-,20-,21?,23+,24+,25-,26?/m0/s1. The van der Waals surface area contributed by atoms with Gasteiger partial charge in [0, 0.05) is 30.9 Å². The summed E-state index contributed by atoms with van der Waals surface area (Å²) in [5.41, 5.74) is 0.0401. The van der Waals surface area contributed by atoms with Crippen LogP contribution in [0.5, 0.6) is 0 Å². The molecule has 5 N–H and O–H groups in total. The van der Waals surface area contributed by atoms with E-state index < -0.39 is 71.5 Å². The molecule has 0 radical (unpaired) electrons. The first-order valence-corrected chi connectivity index (χ1v) is 16.3. The highest BCUT2D eigenvalue weighted by Gasteiger charge is 2.54. The van der Waals surface area contributed by atoms with Gasteiger partial charge in [-0.15, -0.1) is 0 Å². The van der Waals surface area contributed by atoms with Gasteiger partial charge in [-0.1, -0.05) is 41.0 Å². The first kappa shape index (κ1) is 34.9. The number of hydrogen-bond acceptors (Lipinski definition) is 9. The molecule has 14 heteroatoms. The molecular weight excluding hydrogens is 594 g/mol.